The quantitative estimate of drug-likeness (QED) is 0.634. The van der Waals surface area contributed by atoms with Crippen molar-refractivity contribution in [1.29, 1.82) is 0 Å². The molecule has 8 heteroatoms. The van der Waals surface area contributed by atoms with E-state index in [1.807, 2.05) is 25.3 Å². The molecule has 3 amide bonds. The van der Waals surface area contributed by atoms with E-state index in [-0.39, 0.29) is 30.4 Å². The zero-order valence-corrected chi connectivity index (χ0v) is 18.9. The minimum absolute atomic E-state index is 0.0304. The summed E-state index contributed by atoms with van der Waals surface area (Å²) in [4.78, 5) is 30.3. The topological polar surface area (TPSA) is 61.9 Å². The smallest absolute Gasteiger partial charge is 0.317 e. The lowest BCUT2D eigenvalue weighted by molar-refractivity contribution is -0.133. The van der Waals surface area contributed by atoms with Crippen molar-refractivity contribution in [1.82, 2.24) is 15.1 Å². The molecule has 1 unspecified atom stereocenters. The van der Waals surface area contributed by atoms with Gasteiger partial charge >= 0.3 is 6.03 Å². The molecular weight excluding hydrogens is 417 g/mol. The lowest BCUT2D eigenvalue weighted by Crippen LogP contribution is -2.49. The minimum Gasteiger partial charge on any atom is -0.376 e. The van der Waals surface area contributed by atoms with Crippen LogP contribution in [0.4, 0.5) is 9.18 Å². The molecule has 0 aliphatic carbocycles. The van der Waals surface area contributed by atoms with Gasteiger partial charge in [-0.05, 0) is 61.4 Å². The zero-order chi connectivity index (χ0) is 22.2. The highest BCUT2D eigenvalue weighted by molar-refractivity contribution is 7.10. The number of amides is 3. The van der Waals surface area contributed by atoms with Crippen molar-refractivity contribution in [2.75, 3.05) is 26.2 Å². The molecule has 2 heterocycles. The highest BCUT2D eigenvalue weighted by Crippen LogP contribution is 2.20. The molecule has 31 heavy (non-hydrogen) atoms. The van der Waals surface area contributed by atoms with Crippen LogP contribution in [0.1, 0.15) is 35.8 Å². The Kier molecular flexibility index (Phi) is 8.43. The van der Waals surface area contributed by atoms with Gasteiger partial charge in [0.15, 0.2) is 0 Å². The van der Waals surface area contributed by atoms with E-state index in [1.165, 1.54) is 12.1 Å². The maximum absolute atomic E-state index is 13.3. The highest BCUT2D eigenvalue weighted by atomic mass is 32.1. The van der Waals surface area contributed by atoms with Crippen molar-refractivity contribution in [3.8, 4) is 0 Å². The first-order valence-corrected chi connectivity index (χ1v) is 11.5. The van der Waals surface area contributed by atoms with Gasteiger partial charge in [0, 0.05) is 31.1 Å². The number of urea groups is 1. The van der Waals surface area contributed by atoms with E-state index in [0.717, 1.165) is 28.8 Å². The molecule has 1 aliphatic heterocycles. The number of nitrogens with zero attached hydrogens (tertiary/aromatic N) is 2. The van der Waals surface area contributed by atoms with Crippen molar-refractivity contribution in [3.05, 3.63) is 57.5 Å². The fourth-order valence-electron chi connectivity index (χ4n) is 3.56. The van der Waals surface area contributed by atoms with Crippen LogP contribution in [0, 0.1) is 12.7 Å². The van der Waals surface area contributed by atoms with Crippen molar-refractivity contribution < 1.29 is 18.7 Å². The van der Waals surface area contributed by atoms with E-state index in [2.05, 4.69) is 5.32 Å². The number of nitrogens with one attached hydrogen (secondary N) is 1. The fourth-order valence-corrected chi connectivity index (χ4v) is 4.48. The maximum atomic E-state index is 13.3. The Hall–Kier alpha value is -2.45. The largest absolute Gasteiger partial charge is 0.376 e. The Morgan fingerprint density at radius 2 is 1.97 bits per heavy atom. The average molecular weight is 448 g/mol. The first kappa shape index (κ1) is 23.2. The van der Waals surface area contributed by atoms with Crippen molar-refractivity contribution in [2.24, 2.45) is 0 Å². The van der Waals surface area contributed by atoms with Crippen LogP contribution < -0.4 is 5.32 Å². The summed E-state index contributed by atoms with van der Waals surface area (Å²) in [6, 6.07) is 7.93. The van der Waals surface area contributed by atoms with E-state index in [1.54, 1.807) is 33.3 Å². The second kappa shape index (κ2) is 11.2. The predicted molar refractivity (Wildman–Crippen MR) is 119 cm³/mol. The number of thiophene rings is 1. The number of hydrogen-bond acceptors (Lipinski definition) is 4. The van der Waals surface area contributed by atoms with Gasteiger partial charge in [-0.1, -0.05) is 12.1 Å². The number of hydrogen-bond donors (Lipinski definition) is 1. The third-order valence-corrected chi connectivity index (χ3v) is 6.34. The van der Waals surface area contributed by atoms with Gasteiger partial charge in [-0.2, -0.15) is 0 Å². The monoisotopic (exact) mass is 447 g/mol. The molecule has 2 aromatic rings. The number of rotatable bonds is 9. The number of ether oxygens (including phenoxy) is 1. The molecule has 6 nitrogen and oxygen atoms in total. The van der Waals surface area contributed by atoms with Crippen LogP contribution in [-0.4, -0.2) is 54.1 Å². The Labute approximate surface area is 187 Å². The molecule has 0 bridgehead atoms. The van der Waals surface area contributed by atoms with Crippen molar-refractivity contribution in [3.63, 3.8) is 0 Å². The van der Waals surface area contributed by atoms with Crippen LogP contribution >= 0.6 is 11.3 Å². The van der Waals surface area contributed by atoms with Gasteiger partial charge in [0.2, 0.25) is 5.91 Å². The number of halogens is 1. The van der Waals surface area contributed by atoms with Crippen LogP contribution in [0.25, 0.3) is 0 Å². The highest BCUT2D eigenvalue weighted by Gasteiger charge is 2.26. The van der Waals surface area contributed by atoms with Crippen molar-refractivity contribution in [2.45, 2.75) is 45.9 Å². The number of benzene rings is 1. The summed E-state index contributed by atoms with van der Waals surface area (Å²) < 4.78 is 19.0. The summed E-state index contributed by atoms with van der Waals surface area (Å²) in [5.74, 6) is -0.462. The SMILES string of the molecule is CCNC(=O)N(CC(=O)N(Cc1ccc(F)cc1)Cc1sccc1C)CC1CCCO1. The Morgan fingerprint density at radius 3 is 2.58 bits per heavy atom. The molecule has 3 rings (SSSR count). The van der Waals surface area contributed by atoms with E-state index in [9.17, 15) is 14.0 Å². The Morgan fingerprint density at radius 1 is 1.19 bits per heavy atom. The summed E-state index contributed by atoms with van der Waals surface area (Å²) in [5.41, 5.74) is 1.97. The van der Waals surface area contributed by atoms with Crippen LogP contribution in [0.2, 0.25) is 0 Å². The number of aryl methyl sites for hydroxylation is 1. The van der Waals surface area contributed by atoms with Crippen molar-refractivity contribution >= 4 is 23.3 Å². The third kappa shape index (κ3) is 6.77. The average Bonchev–Trinajstić information content (AvgIpc) is 3.40. The predicted octanol–water partition coefficient (Wildman–Crippen LogP) is 3.93. The molecule has 1 aromatic carbocycles. The molecule has 0 radical (unpaired) electrons. The second-order valence-electron chi connectivity index (χ2n) is 7.75. The molecule has 168 valence electrons. The summed E-state index contributed by atoms with van der Waals surface area (Å²) in [6.45, 7) is 6.20. The summed E-state index contributed by atoms with van der Waals surface area (Å²) in [5, 5.41) is 4.80. The molecule has 0 spiro atoms. The van der Waals surface area contributed by atoms with Gasteiger partial charge < -0.3 is 19.9 Å². The third-order valence-electron chi connectivity index (χ3n) is 5.33. The molecule has 1 fully saturated rings. The van der Waals surface area contributed by atoms with E-state index < -0.39 is 0 Å². The number of carbonyl (C=O) groups excluding carboxylic acids is 2. The van der Waals surface area contributed by atoms with E-state index >= 15 is 0 Å². The maximum Gasteiger partial charge on any atom is 0.317 e. The molecule has 1 N–H and O–H groups in total. The second-order valence-corrected chi connectivity index (χ2v) is 8.75. The Bertz CT molecular complexity index is 865. The lowest BCUT2D eigenvalue weighted by atomic mass is 10.2. The minimum atomic E-state index is -0.310. The van der Waals surface area contributed by atoms with Crippen LogP contribution in [0.15, 0.2) is 35.7 Å². The summed E-state index contributed by atoms with van der Waals surface area (Å²) in [6.07, 6.45) is 1.81. The van der Waals surface area contributed by atoms with Crippen LogP contribution in [0.5, 0.6) is 0 Å². The lowest BCUT2D eigenvalue weighted by Gasteiger charge is -2.29. The standard InChI is InChI=1S/C23H30FN3O3S/c1-3-25-23(29)27(14-20-5-4-11-30-20)16-22(28)26(15-21-17(2)10-12-31-21)13-18-6-8-19(24)9-7-18/h6-10,12,20H,3-5,11,13-16H2,1-2H3,(H,25,29). The van der Waals surface area contributed by atoms with Gasteiger partial charge in [-0.3, -0.25) is 4.79 Å². The van der Waals surface area contributed by atoms with Gasteiger partial charge in [-0.25, -0.2) is 9.18 Å². The molecule has 1 atom stereocenters. The first-order valence-electron chi connectivity index (χ1n) is 10.7. The zero-order valence-electron chi connectivity index (χ0n) is 18.1. The van der Waals surface area contributed by atoms with E-state index in [0.29, 0.717) is 32.8 Å². The Balaban J connectivity index is 1.75. The molecule has 1 saturated heterocycles. The molecule has 1 aromatic heterocycles. The normalized spacial score (nSPS) is 15.6. The molecular formula is C23H30FN3O3S. The van der Waals surface area contributed by atoms with E-state index in [4.69, 9.17) is 4.74 Å². The molecule has 1 aliphatic rings. The van der Waals surface area contributed by atoms with Gasteiger partial charge in [0.05, 0.1) is 12.6 Å². The van der Waals surface area contributed by atoms with Crippen LogP contribution in [0.3, 0.4) is 0 Å². The molecule has 0 saturated carbocycles. The number of carbonyl (C=O) groups is 2. The van der Waals surface area contributed by atoms with Crippen LogP contribution in [-0.2, 0) is 22.6 Å². The fraction of sp³-hybridized carbons (Fsp3) is 0.478. The van der Waals surface area contributed by atoms with Gasteiger partial charge in [-0.15, -0.1) is 11.3 Å². The first-order chi connectivity index (χ1) is 15.0. The van der Waals surface area contributed by atoms with Gasteiger partial charge in [0.25, 0.3) is 0 Å². The summed E-state index contributed by atoms with van der Waals surface area (Å²) >= 11 is 1.60. The summed E-state index contributed by atoms with van der Waals surface area (Å²) in [7, 11) is 0. The van der Waals surface area contributed by atoms with Gasteiger partial charge in [0.1, 0.15) is 12.4 Å².